The minimum Gasteiger partial charge on any atom is -0.371 e. The number of rotatable bonds is 4. The average Bonchev–Trinajstić information content (AvgIpc) is 3.30. The number of ether oxygens (including phenoxy) is 1. The maximum atomic E-state index is 6.25. The molecule has 6 nitrogen and oxygen atoms in total. The van der Waals surface area contributed by atoms with Gasteiger partial charge in [-0.1, -0.05) is 17.4 Å². The normalized spacial score (nSPS) is 27.4. The molecule has 0 aliphatic carbocycles. The van der Waals surface area contributed by atoms with E-state index >= 15 is 0 Å². The SMILES string of the molecule is CN(Cc1ccccn1)C1COC2(CCN(c3nncs3)C2)C1. The second kappa shape index (κ2) is 6.14. The standard InChI is InChI=1S/C16H21N5OS/c1-20(9-13-4-2-3-6-17-13)14-8-16(22-10-14)5-7-21(11-16)15-19-18-12-23-15/h2-4,6,12,14H,5,7-11H2,1H3. The molecule has 2 aliphatic rings. The third-order valence-corrected chi connectivity index (χ3v) is 5.64. The van der Waals surface area contributed by atoms with Gasteiger partial charge >= 0.3 is 0 Å². The second-order valence-electron chi connectivity index (χ2n) is 6.48. The van der Waals surface area contributed by atoms with E-state index in [0.717, 1.165) is 49.9 Å². The molecule has 2 saturated heterocycles. The van der Waals surface area contributed by atoms with Gasteiger partial charge < -0.3 is 9.64 Å². The average molecular weight is 331 g/mol. The lowest BCUT2D eigenvalue weighted by molar-refractivity contribution is 0.0206. The highest BCUT2D eigenvalue weighted by Gasteiger charge is 2.47. The van der Waals surface area contributed by atoms with Crippen molar-refractivity contribution in [2.75, 3.05) is 31.6 Å². The Labute approximate surface area is 140 Å². The Morgan fingerprint density at radius 2 is 2.43 bits per heavy atom. The van der Waals surface area contributed by atoms with Crippen LogP contribution in [0.1, 0.15) is 18.5 Å². The van der Waals surface area contributed by atoms with Gasteiger partial charge in [-0.25, -0.2) is 0 Å². The predicted octanol–water partition coefficient (Wildman–Crippen LogP) is 1.80. The lowest BCUT2D eigenvalue weighted by atomic mass is 9.96. The molecule has 1 spiro atoms. The van der Waals surface area contributed by atoms with Crippen molar-refractivity contribution in [2.24, 2.45) is 0 Å². The highest BCUT2D eigenvalue weighted by molar-refractivity contribution is 7.13. The summed E-state index contributed by atoms with van der Waals surface area (Å²) in [5.41, 5.74) is 2.88. The second-order valence-corrected chi connectivity index (χ2v) is 7.29. The molecule has 0 N–H and O–H groups in total. The van der Waals surface area contributed by atoms with Crippen LogP contribution in [0.4, 0.5) is 5.13 Å². The van der Waals surface area contributed by atoms with E-state index in [0.29, 0.717) is 6.04 Å². The van der Waals surface area contributed by atoms with Crippen LogP contribution in [0.5, 0.6) is 0 Å². The molecule has 2 aromatic heterocycles. The van der Waals surface area contributed by atoms with Crippen LogP contribution in [-0.2, 0) is 11.3 Å². The molecule has 2 aromatic rings. The fourth-order valence-electron chi connectivity index (χ4n) is 3.58. The molecule has 2 fully saturated rings. The molecule has 4 heterocycles. The number of hydrogen-bond donors (Lipinski definition) is 0. The van der Waals surface area contributed by atoms with Gasteiger partial charge in [-0.05, 0) is 32.0 Å². The van der Waals surface area contributed by atoms with Crippen LogP contribution in [-0.4, -0.2) is 58.5 Å². The fourth-order valence-corrected chi connectivity index (χ4v) is 4.16. The van der Waals surface area contributed by atoms with Gasteiger partial charge in [0.1, 0.15) is 5.51 Å². The summed E-state index contributed by atoms with van der Waals surface area (Å²) in [6, 6.07) is 6.53. The summed E-state index contributed by atoms with van der Waals surface area (Å²) >= 11 is 1.60. The van der Waals surface area contributed by atoms with Crippen LogP contribution in [0.15, 0.2) is 29.9 Å². The minimum absolute atomic E-state index is 0.0191. The van der Waals surface area contributed by atoms with Crippen LogP contribution >= 0.6 is 11.3 Å². The van der Waals surface area contributed by atoms with Crippen molar-refractivity contribution in [3.8, 4) is 0 Å². The molecule has 122 valence electrons. The summed E-state index contributed by atoms with van der Waals surface area (Å²) in [5.74, 6) is 0. The summed E-state index contributed by atoms with van der Waals surface area (Å²) in [5, 5.41) is 9.14. The molecule has 7 heteroatoms. The Balaban J connectivity index is 1.37. The molecule has 0 bridgehead atoms. The lowest BCUT2D eigenvalue weighted by Crippen LogP contribution is -2.36. The molecule has 2 atom stereocenters. The van der Waals surface area contributed by atoms with Crippen molar-refractivity contribution in [1.29, 1.82) is 0 Å². The fraction of sp³-hybridized carbons (Fsp3) is 0.562. The molecular formula is C16H21N5OS. The first kappa shape index (κ1) is 15.0. The maximum absolute atomic E-state index is 6.25. The van der Waals surface area contributed by atoms with E-state index in [9.17, 15) is 0 Å². The van der Waals surface area contributed by atoms with Gasteiger partial charge in [0, 0.05) is 31.9 Å². The van der Waals surface area contributed by atoms with Gasteiger partial charge in [-0.2, -0.15) is 0 Å². The zero-order valence-corrected chi connectivity index (χ0v) is 14.1. The van der Waals surface area contributed by atoms with Crippen LogP contribution in [0.3, 0.4) is 0 Å². The zero-order chi connectivity index (χ0) is 15.7. The Morgan fingerprint density at radius 1 is 1.48 bits per heavy atom. The van der Waals surface area contributed by atoms with Gasteiger partial charge in [0.25, 0.3) is 0 Å². The van der Waals surface area contributed by atoms with Crippen molar-refractivity contribution in [2.45, 2.75) is 31.0 Å². The summed E-state index contributed by atoms with van der Waals surface area (Å²) < 4.78 is 6.25. The number of aromatic nitrogens is 3. The Hall–Kier alpha value is -1.57. The molecular weight excluding hydrogens is 310 g/mol. The van der Waals surface area contributed by atoms with Crippen molar-refractivity contribution in [1.82, 2.24) is 20.1 Å². The first-order valence-corrected chi connectivity index (χ1v) is 8.87. The first-order valence-electron chi connectivity index (χ1n) is 7.99. The van der Waals surface area contributed by atoms with E-state index in [1.54, 1.807) is 16.8 Å². The number of nitrogens with zero attached hydrogens (tertiary/aromatic N) is 5. The maximum Gasteiger partial charge on any atom is 0.208 e. The molecule has 0 radical (unpaired) electrons. The smallest absolute Gasteiger partial charge is 0.208 e. The summed E-state index contributed by atoms with van der Waals surface area (Å²) in [7, 11) is 2.17. The van der Waals surface area contributed by atoms with Crippen molar-refractivity contribution in [3.63, 3.8) is 0 Å². The number of hydrogen-bond acceptors (Lipinski definition) is 7. The van der Waals surface area contributed by atoms with Gasteiger partial charge in [0.15, 0.2) is 0 Å². The Morgan fingerprint density at radius 3 is 3.22 bits per heavy atom. The van der Waals surface area contributed by atoms with Crippen molar-refractivity contribution in [3.05, 3.63) is 35.6 Å². The summed E-state index contributed by atoms with van der Waals surface area (Å²) in [6.07, 6.45) is 4.00. The van der Waals surface area contributed by atoms with Gasteiger partial charge in [0.05, 0.1) is 17.9 Å². The van der Waals surface area contributed by atoms with Crippen molar-refractivity contribution < 1.29 is 4.74 Å². The number of anilines is 1. The van der Waals surface area contributed by atoms with E-state index in [-0.39, 0.29) is 5.60 Å². The molecule has 2 aliphatic heterocycles. The Bertz CT molecular complexity index is 637. The summed E-state index contributed by atoms with van der Waals surface area (Å²) in [4.78, 5) is 9.09. The van der Waals surface area contributed by atoms with Crippen molar-refractivity contribution >= 4 is 16.5 Å². The van der Waals surface area contributed by atoms with E-state index in [2.05, 4.69) is 38.1 Å². The van der Waals surface area contributed by atoms with Gasteiger partial charge in [-0.15, -0.1) is 10.2 Å². The minimum atomic E-state index is -0.0191. The largest absolute Gasteiger partial charge is 0.371 e. The molecule has 0 amide bonds. The van der Waals surface area contributed by atoms with Crippen LogP contribution in [0, 0.1) is 0 Å². The van der Waals surface area contributed by atoms with Gasteiger partial charge in [0.2, 0.25) is 5.13 Å². The third-order valence-electron chi connectivity index (χ3n) is 4.89. The highest BCUT2D eigenvalue weighted by atomic mass is 32.1. The quantitative estimate of drug-likeness (QED) is 0.852. The van der Waals surface area contributed by atoms with Crippen LogP contribution in [0.25, 0.3) is 0 Å². The topological polar surface area (TPSA) is 54.4 Å². The number of pyridine rings is 1. The van der Waals surface area contributed by atoms with E-state index in [4.69, 9.17) is 4.74 Å². The molecule has 23 heavy (non-hydrogen) atoms. The predicted molar refractivity (Wildman–Crippen MR) is 89.5 cm³/mol. The zero-order valence-electron chi connectivity index (χ0n) is 13.3. The Kier molecular flexibility index (Phi) is 4.00. The monoisotopic (exact) mass is 331 g/mol. The third kappa shape index (κ3) is 3.08. The molecule has 0 aromatic carbocycles. The van der Waals surface area contributed by atoms with E-state index < -0.39 is 0 Å². The molecule has 2 unspecified atom stereocenters. The first-order chi connectivity index (χ1) is 11.2. The molecule has 4 rings (SSSR count). The highest BCUT2D eigenvalue weighted by Crippen LogP contribution is 2.38. The van der Waals surface area contributed by atoms with Gasteiger partial charge in [-0.3, -0.25) is 9.88 Å². The number of likely N-dealkylation sites (N-methyl/N-ethyl adjacent to an activating group) is 1. The van der Waals surface area contributed by atoms with E-state index in [1.165, 1.54) is 0 Å². The van der Waals surface area contributed by atoms with Crippen LogP contribution in [0.2, 0.25) is 0 Å². The summed E-state index contributed by atoms with van der Waals surface area (Å²) in [6.45, 7) is 3.60. The molecule has 0 saturated carbocycles. The van der Waals surface area contributed by atoms with E-state index in [1.807, 2.05) is 18.3 Å². The lowest BCUT2D eigenvalue weighted by Gasteiger charge is -2.25. The van der Waals surface area contributed by atoms with Crippen LogP contribution < -0.4 is 4.90 Å².